The van der Waals surface area contributed by atoms with Gasteiger partial charge in [0.1, 0.15) is 5.82 Å². The third-order valence-corrected chi connectivity index (χ3v) is 2.70. The molecule has 0 bridgehead atoms. The van der Waals surface area contributed by atoms with E-state index < -0.39 is 0 Å². The highest BCUT2D eigenvalue weighted by Crippen LogP contribution is 2.31. The van der Waals surface area contributed by atoms with Crippen molar-refractivity contribution in [1.82, 2.24) is 4.90 Å². The number of benzene rings is 1. The van der Waals surface area contributed by atoms with Crippen molar-refractivity contribution in [3.8, 4) is 0 Å². The highest BCUT2D eigenvalue weighted by Gasteiger charge is 2.23. The van der Waals surface area contributed by atoms with Crippen LogP contribution in [-0.2, 0) is 6.54 Å². The quantitative estimate of drug-likeness (QED) is 0.788. The van der Waals surface area contributed by atoms with Crippen LogP contribution in [0.4, 0.5) is 14.9 Å². The topological polar surface area (TPSA) is 32.3 Å². The fourth-order valence-electron chi connectivity index (χ4n) is 1.61. The SMILES string of the molecule is CCN1Cc2cc(F)cc(Cl)c2NC1=O. The largest absolute Gasteiger partial charge is 0.322 e. The first-order valence-corrected chi connectivity index (χ1v) is 5.03. The first-order chi connectivity index (χ1) is 7.11. The van der Waals surface area contributed by atoms with Crippen LogP contribution in [0.25, 0.3) is 0 Å². The average molecular weight is 229 g/mol. The maximum atomic E-state index is 13.1. The maximum absolute atomic E-state index is 13.1. The number of halogens is 2. The smallest absolute Gasteiger partial charge is 0.320 e. The summed E-state index contributed by atoms with van der Waals surface area (Å²) >= 11 is 5.83. The van der Waals surface area contributed by atoms with Gasteiger partial charge in [-0.05, 0) is 24.6 Å². The van der Waals surface area contributed by atoms with Crippen LogP contribution in [0.3, 0.4) is 0 Å². The molecule has 1 aromatic rings. The third kappa shape index (κ3) is 1.77. The van der Waals surface area contributed by atoms with Crippen molar-refractivity contribution >= 4 is 23.3 Å². The van der Waals surface area contributed by atoms with Crippen LogP contribution in [0, 0.1) is 5.82 Å². The molecule has 0 saturated carbocycles. The van der Waals surface area contributed by atoms with Crippen LogP contribution in [-0.4, -0.2) is 17.5 Å². The van der Waals surface area contributed by atoms with Gasteiger partial charge < -0.3 is 10.2 Å². The number of fused-ring (bicyclic) bond motifs is 1. The Morgan fingerprint density at radius 2 is 2.33 bits per heavy atom. The van der Waals surface area contributed by atoms with Crippen molar-refractivity contribution in [3.05, 3.63) is 28.5 Å². The Bertz CT molecular complexity index is 422. The lowest BCUT2D eigenvalue weighted by molar-refractivity contribution is 0.209. The van der Waals surface area contributed by atoms with Gasteiger partial charge in [-0.3, -0.25) is 0 Å². The van der Waals surface area contributed by atoms with Gasteiger partial charge in [0.15, 0.2) is 0 Å². The lowest BCUT2D eigenvalue weighted by atomic mass is 10.1. The van der Waals surface area contributed by atoms with E-state index in [0.29, 0.717) is 24.3 Å². The number of hydrogen-bond acceptors (Lipinski definition) is 1. The number of carbonyl (C=O) groups is 1. The summed E-state index contributed by atoms with van der Waals surface area (Å²) in [4.78, 5) is 13.1. The summed E-state index contributed by atoms with van der Waals surface area (Å²) in [6.07, 6.45) is 0. The molecule has 0 unspecified atom stereocenters. The first kappa shape index (κ1) is 10.2. The zero-order valence-electron chi connectivity index (χ0n) is 8.18. The minimum absolute atomic E-state index is 0.196. The molecule has 5 heteroatoms. The van der Waals surface area contributed by atoms with Crippen molar-refractivity contribution in [3.63, 3.8) is 0 Å². The molecule has 0 spiro atoms. The Kier molecular flexibility index (Phi) is 2.52. The van der Waals surface area contributed by atoms with E-state index in [1.54, 1.807) is 4.90 Å². The molecular formula is C10H10ClFN2O. The van der Waals surface area contributed by atoms with Crippen molar-refractivity contribution in [2.45, 2.75) is 13.5 Å². The fraction of sp³-hybridized carbons (Fsp3) is 0.300. The second-order valence-electron chi connectivity index (χ2n) is 3.37. The lowest BCUT2D eigenvalue weighted by Gasteiger charge is -2.28. The summed E-state index contributed by atoms with van der Waals surface area (Å²) in [6, 6.07) is 2.39. The summed E-state index contributed by atoms with van der Waals surface area (Å²) in [6.45, 7) is 2.85. The molecule has 0 aromatic heterocycles. The molecule has 1 aliphatic heterocycles. The van der Waals surface area contributed by atoms with E-state index in [2.05, 4.69) is 5.32 Å². The molecule has 1 N–H and O–H groups in total. The Morgan fingerprint density at radius 1 is 1.60 bits per heavy atom. The molecule has 0 fully saturated rings. The predicted octanol–water partition coefficient (Wildman–Crippen LogP) is 2.85. The zero-order valence-corrected chi connectivity index (χ0v) is 8.94. The molecule has 0 saturated heterocycles. The summed E-state index contributed by atoms with van der Waals surface area (Å²) in [7, 11) is 0. The summed E-state index contributed by atoms with van der Waals surface area (Å²) < 4.78 is 13.1. The van der Waals surface area contributed by atoms with E-state index >= 15 is 0 Å². The highest BCUT2D eigenvalue weighted by atomic mass is 35.5. The van der Waals surface area contributed by atoms with Gasteiger partial charge in [0.2, 0.25) is 0 Å². The minimum atomic E-state index is -0.383. The molecule has 0 atom stereocenters. The van der Waals surface area contributed by atoms with Gasteiger partial charge in [-0.1, -0.05) is 11.6 Å². The number of hydrogen-bond donors (Lipinski definition) is 1. The Hall–Kier alpha value is -1.29. The molecule has 3 nitrogen and oxygen atoms in total. The fourth-order valence-corrected chi connectivity index (χ4v) is 1.88. The lowest BCUT2D eigenvalue weighted by Crippen LogP contribution is -2.38. The van der Waals surface area contributed by atoms with Gasteiger partial charge >= 0.3 is 6.03 Å². The molecule has 0 radical (unpaired) electrons. The van der Waals surface area contributed by atoms with E-state index in [0.717, 1.165) is 0 Å². The Balaban J connectivity index is 2.45. The normalized spacial score (nSPS) is 14.9. The monoisotopic (exact) mass is 228 g/mol. The number of nitrogens with one attached hydrogen (secondary N) is 1. The zero-order chi connectivity index (χ0) is 11.0. The van der Waals surface area contributed by atoms with Gasteiger partial charge in [-0.15, -0.1) is 0 Å². The van der Waals surface area contributed by atoms with Gasteiger partial charge in [0.05, 0.1) is 10.7 Å². The average Bonchev–Trinajstić information content (AvgIpc) is 2.18. The second kappa shape index (κ2) is 3.70. The van der Waals surface area contributed by atoms with Crippen molar-refractivity contribution in [2.75, 3.05) is 11.9 Å². The summed E-state index contributed by atoms with van der Waals surface area (Å²) in [5, 5.41) is 2.89. The number of carbonyl (C=O) groups excluding carboxylic acids is 1. The van der Waals surface area contributed by atoms with Crippen LogP contribution >= 0.6 is 11.6 Å². The van der Waals surface area contributed by atoms with E-state index in [-0.39, 0.29) is 16.9 Å². The van der Waals surface area contributed by atoms with Crippen molar-refractivity contribution in [1.29, 1.82) is 0 Å². The summed E-state index contributed by atoms with van der Waals surface area (Å²) in [5.41, 5.74) is 1.23. The second-order valence-corrected chi connectivity index (χ2v) is 3.77. The number of anilines is 1. The number of rotatable bonds is 1. The van der Waals surface area contributed by atoms with Gasteiger partial charge in [-0.2, -0.15) is 0 Å². The molecule has 2 rings (SSSR count). The van der Waals surface area contributed by atoms with E-state index in [9.17, 15) is 9.18 Å². The van der Waals surface area contributed by atoms with Gasteiger partial charge in [0, 0.05) is 13.1 Å². The van der Waals surface area contributed by atoms with Crippen LogP contribution < -0.4 is 5.32 Å². The highest BCUT2D eigenvalue weighted by molar-refractivity contribution is 6.34. The molecule has 15 heavy (non-hydrogen) atoms. The standard InChI is InChI=1S/C10H10ClFN2O/c1-2-14-5-6-3-7(12)4-8(11)9(6)13-10(14)15/h3-4H,2,5H2,1H3,(H,13,15). The van der Waals surface area contributed by atoms with Gasteiger partial charge in [0.25, 0.3) is 0 Å². The summed E-state index contributed by atoms with van der Waals surface area (Å²) in [5.74, 6) is -0.383. The molecule has 0 aliphatic carbocycles. The molecule has 2 amide bonds. The van der Waals surface area contributed by atoms with Crippen LogP contribution in [0.5, 0.6) is 0 Å². The molecular weight excluding hydrogens is 219 g/mol. The van der Waals surface area contributed by atoms with E-state index in [4.69, 9.17) is 11.6 Å². The van der Waals surface area contributed by atoms with Crippen molar-refractivity contribution < 1.29 is 9.18 Å². The maximum Gasteiger partial charge on any atom is 0.322 e. The number of amides is 2. The van der Waals surface area contributed by atoms with Gasteiger partial charge in [-0.25, -0.2) is 9.18 Å². The minimum Gasteiger partial charge on any atom is -0.320 e. The molecule has 1 aromatic carbocycles. The third-order valence-electron chi connectivity index (χ3n) is 2.40. The van der Waals surface area contributed by atoms with E-state index in [1.165, 1.54) is 12.1 Å². The van der Waals surface area contributed by atoms with E-state index in [1.807, 2.05) is 6.92 Å². The Morgan fingerprint density at radius 3 is 3.00 bits per heavy atom. The number of nitrogens with zero attached hydrogens (tertiary/aromatic N) is 1. The van der Waals surface area contributed by atoms with Crippen molar-refractivity contribution in [2.24, 2.45) is 0 Å². The first-order valence-electron chi connectivity index (χ1n) is 4.65. The molecule has 1 heterocycles. The predicted molar refractivity (Wildman–Crippen MR) is 56.5 cm³/mol. The molecule has 80 valence electrons. The van der Waals surface area contributed by atoms with Crippen LogP contribution in [0.15, 0.2) is 12.1 Å². The molecule has 1 aliphatic rings. The Labute approximate surface area is 91.8 Å². The van der Waals surface area contributed by atoms with Crippen LogP contribution in [0.2, 0.25) is 5.02 Å². The number of urea groups is 1. The van der Waals surface area contributed by atoms with Crippen LogP contribution in [0.1, 0.15) is 12.5 Å².